The smallest absolute Gasteiger partial charge is 0.367 e. The average Bonchev–Trinajstić information content (AvgIpc) is 3.60. The zero-order valence-electron chi connectivity index (χ0n) is 28.4. The second-order valence-electron chi connectivity index (χ2n) is 15.0. The van der Waals surface area contributed by atoms with E-state index >= 15 is 0 Å². The predicted molar refractivity (Wildman–Crippen MR) is 186 cm³/mol. The highest BCUT2D eigenvalue weighted by atomic mass is 32.1. The summed E-state index contributed by atoms with van der Waals surface area (Å²) in [5.74, 6) is 0.834. The number of likely N-dealkylation sites (tertiary alicyclic amines) is 1. The summed E-state index contributed by atoms with van der Waals surface area (Å²) in [6.45, 7) is 9.71. The van der Waals surface area contributed by atoms with Gasteiger partial charge in [0.2, 0.25) is 5.91 Å². The molecule has 1 atom stereocenters. The maximum absolute atomic E-state index is 13.0. The Kier molecular flexibility index (Phi) is 8.89. The van der Waals surface area contributed by atoms with Crippen molar-refractivity contribution in [3.8, 4) is 6.07 Å². The van der Waals surface area contributed by atoms with Crippen LogP contribution in [0.5, 0.6) is 0 Å². The quantitative estimate of drug-likeness (QED) is 0.157. The summed E-state index contributed by atoms with van der Waals surface area (Å²) in [4.78, 5) is 24.6. The molecule has 8 nitrogen and oxygen atoms in total. The van der Waals surface area contributed by atoms with Crippen molar-refractivity contribution in [2.75, 3.05) is 18.4 Å². The van der Waals surface area contributed by atoms with E-state index in [2.05, 4.69) is 62.1 Å². The van der Waals surface area contributed by atoms with E-state index in [1.54, 1.807) is 6.07 Å². The Labute approximate surface area is 289 Å². The Morgan fingerprint density at radius 3 is 2.61 bits per heavy atom. The molecule has 4 aliphatic rings. The van der Waals surface area contributed by atoms with Crippen LogP contribution in [0.2, 0.25) is 0 Å². The number of benzene rings is 1. The van der Waals surface area contributed by atoms with Crippen molar-refractivity contribution in [3.05, 3.63) is 52.3 Å². The lowest BCUT2D eigenvalue weighted by Crippen LogP contribution is -2.76. The maximum Gasteiger partial charge on any atom is 0.393 e. The Morgan fingerprint density at radius 2 is 1.92 bits per heavy atom. The highest BCUT2D eigenvalue weighted by Gasteiger charge is 2.68. The van der Waals surface area contributed by atoms with Crippen molar-refractivity contribution in [2.45, 2.75) is 109 Å². The number of halogens is 3. The minimum absolute atomic E-state index is 0.0511. The first-order chi connectivity index (χ1) is 23.4. The molecule has 3 aliphatic carbocycles. The first kappa shape index (κ1) is 33.8. The Morgan fingerprint density at radius 1 is 1.16 bits per heavy atom. The van der Waals surface area contributed by atoms with E-state index in [0.717, 1.165) is 99.8 Å². The number of nitriles is 1. The molecule has 4 heterocycles. The number of alkyl halides is 3. The van der Waals surface area contributed by atoms with Crippen LogP contribution < -0.4 is 10.6 Å². The summed E-state index contributed by atoms with van der Waals surface area (Å²) >= 11 is 1.07. The summed E-state index contributed by atoms with van der Waals surface area (Å²) in [5, 5.41) is 18.7. The van der Waals surface area contributed by atoms with Gasteiger partial charge in [-0.2, -0.15) is 18.4 Å². The van der Waals surface area contributed by atoms with E-state index < -0.39 is 12.6 Å². The summed E-state index contributed by atoms with van der Waals surface area (Å²) in [5.41, 5.74) is 4.33. The standard InChI is InChI=1S/C37H44F3N7OS/c1-4-5-6-23(2)33(48)45-36-18-35(19-36,20-36)21-47-27(16-41)13-29-24(3)25(7-8-31(29)47)17-46-11-9-26(10-12-46)44-32-30-14-28(15-37(38,39)40)49-34(30)43-22-42-32/h7-8,13-14,22-23,26H,4-6,9-12,15,17-21H2,1-3H3,(H,45,48)(H,42,43,44). The van der Waals surface area contributed by atoms with Gasteiger partial charge in [0, 0.05) is 59.5 Å². The van der Waals surface area contributed by atoms with E-state index in [-0.39, 0.29) is 33.7 Å². The zero-order chi connectivity index (χ0) is 34.6. The second-order valence-corrected chi connectivity index (χ2v) is 16.1. The summed E-state index contributed by atoms with van der Waals surface area (Å²) < 4.78 is 41.1. The molecule has 8 rings (SSSR count). The summed E-state index contributed by atoms with van der Waals surface area (Å²) in [6, 6.07) is 10.6. The number of hydrogen-bond donors (Lipinski definition) is 2. The average molecular weight is 692 g/mol. The molecule has 3 aromatic heterocycles. The van der Waals surface area contributed by atoms with Crippen molar-refractivity contribution in [1.82, 2.24) is 24.8 Å². The molecular weight excluding hydrogens is 648 g/mol. The third kappa shape index (κ3) is 6.76. The van der Waals surface area contributed by atoms with Crippen molar-refractivity contribution in [3.63, 3.8) is 0 Å². The number of nitrogens with zero attached hydrogens (tertiary/aromatic N) is 5. The third-order valence-corrected chi connectivity index (χ3v) is 12.2. The topological polar surface area (TPSA) is 98.9 Å². The van der Waals surface area contributed by atoms with Gasteiger partial charge in [0.15, 0.2) is 0 Å². The van der Waals surface area contributed by atoms with Crippen LogP contribution in [0.4, 0.5) is 19.0 Å². The molecule has 12 heteroatoms. The van der Waals surface area contributed by atoms with Crippen LogP contribution in [0.1, 0.15) is 86.9 Å². The SMILES string of the molecule is CCCCC(C)C(=O)NC12CC(Cn3c(C#N)cc4c(C)c(CN5CCC(Nc6ncnc7sc(CC(F)(F)F)cc67)CC5)ccc43)(C1)C2. The van der Waals surface area contributed by atoms with Gasteiger partial charge < -0.3 is 15.2 Å². The van der Waals surface area contributed by atoms with Crippen LogP contribution in [-0.2, 0) is 24.3 Å². The zero-order valence-corrected chi connectivity index (χ0v) is 29.2. The van der Waals surface area contributed by atoms with Gasteiger partial charge in [-0.1, -0.05) is 32.8 Å². The molecule has 1 amide bonds. The van der Waals surface area contributed by atoms with Crippen LogP contribution in [0.3, 0.4) is 0 Å². The van der Waals surface area contributed by atoms with Crippen molar-refractivity contribution in [1.29, 1.82) is 5.26 Å². The predicted octanol–water partition coefficient (Wildman–Crippen LogP) is 7.87. The normalized spacial score (nSPS) is 23.2. The molecule has 1 unspecified atom stereocenters. The minimum atomic E-state index is -4.26. The molecule has 4 fully saturated rings. The highest BCUT2D eigenvalue weighted by Crippen LogP contribution is 2.68. The van der Waals surface area contributed by atoms with Gasteiger partial charge in [-0.25, -0.2) is 9.97 Å². The van der Waals surface area contributed by atoms with Crippen LogP contribution in [0.25, 0.3) is 21.1 Å². The van der Waals surface area contributed by atoms with Gasteiger partial charge >= 0.3 is 6.18 Å². The number of anilines is 1. The van der Waals surface area contributed by atoms with Crippen molar-refractivity contribution in [2.24, 2.45) is 11.3 Å². The molecule has 0 spiro atoms. The third-order valence-electron chi connectivity index (χ3n) is 11.1. The number of hydrogen-bond acceptors (Lipinski definition) is 7. The molecule has 49 heavy (non-hydrogen) atoms. The monoisotopic (exact) mass is 691 g/mol. The fraction of sp³-hybridized carbons (Fsp3) is 0.568. The number of amides is 1. The molecule has 1 aliphatic heterocycles. The first-order valence-corrected chi connectivity index (χ1v) is 18.3. The number of carbonyl (C=O) groups is 1. The molecule has 1 saturated heterocycles. The first-order valence-electron chi connectivity index (χ1n) is 17.5. The van der Waals surface area contributed by atoms with Gasteiger partial charge in [0.1, 0.15) is 28.7 Å². The minimum Gasteiger partial charge on any atom is -0.367 e. The van der Waals surface area contributed by atoms with E-state index in [1.807, 2.05) is 13.0 Å². The van der Waals surface area contributed by atoms with Crippen LogP contribution in [0.15, 0.2) is 30.6 Å². The summed E-state index contributed by atoms with van der Waals surface area (Å²) in [6.07, 6.45) is 4.03. The highest BCUT2D eigenvalue weighted by molar-refractivity contribution is 7.18. The second kappa shape index (κ2) is 12.9. The van der Waals surface area contributed by atoms with Gasteiger partial charge in [0.05, 0.1) is 11.8 Å². The molecule has 4 aromatic rings. The maximum atomic E-state index is 13.0. The Bertz CT molecular complexity index is 1900. The number of rotatable bonds is 12. The number of piperidine rings is 1. The number of nitrogens with one attached hydrogen (secondary N) is 2. The summed E-state index contributed by atoms with van der Waals surface area (Å²) in [7, 11) is 0. The lowest BCUT2D eigenvalue weighted by molar-refractivity contribution is -0.173. The largest absolute Gasteiger partial charge is 0.393 e. The number of unbranched alkanes of at least 4 members (excludes halogenated alkanes) is 1. The van der Waals surface area contributed by atoms with Crippen LogP contribution in [-0.4, -0.2) is 56.2 Å². The number of fused-ring (bicyclic) bond motifs is 2. The number of aryl methyl sites for hydroxylation is 1. The van der Waals surface area contributed by atoms with Crippen molar-refractivity contribution >= 4 is 44.2 Å². The van der Waals surface area contributed by atoms with E-state index in [4.69, 9.17) is 0 Å². The van der Waals surface area contributed by atoms with Crippen LogP contribution >= 0.6 is 11.3 Å². The van der Waals surface area contributed by atoms with Gasteiger partial charge in [0.25, 0.3) is 0 Å². The molecular formula is C37H44F3N7OS. The Hall–Kier alpha value is -3.69. The molecule has 1 aromatic carbocycles. The number of aromatic nitrogens is 3. The molecule has 0 radical (unpaired) electrons. The fourth-order valence-corrected chi connectivity index (χ4v) is 9.62. The molecule has 260 valence electrons. The molecule has 2 N–H and O–H groups in total. The van der Waals surface area contributed by atoms with E-state index in [1.165, 1.54) is 17.5 Å². The van der Waals surface area contributed by atoms with Gasteiger partial charge in [-0.05, 0) is 80.2 Å². The van der Waals surface area contributed by atoms with Crippen LogP contribution in [0, 0.1) is 29.6 Å². The van der Waals surface area contributed by atoms with Gasteiger partial charge in [-0.15, -0.1) is 11.3 Å². The van der Waals surface area contributed by atoms with Gasteiger partial charge in [-0.3, -0.25) is 9.69 Å². The van der Waals surface area contributed by atoms with E-state index in [9.17, 15) is 23.2 Å². The lowest BCUT2D eigenvalue weighted by atomic mass is 9.39. The fourth-order valence-electron chi connectivity index (χ4n) is 8.59. The molecule has 3 saturated carbocycles. The van der Waals surface area contributed by atoms with Crippen molar-refractivity contribution < 1.29 is 18.0 Å². The number of thiophene rings is 1. The Balaban J connectivity index is 0.961. The van der Waals surface area contributed by atoms with E-state index in [0.29, 0.717) is 21.7 Å². The molecule has 2 bridgehead atoms. The number of carbonyl (C=O) groups excluding carboxylic acids is 1. The lowest BCUT2D eigenvalue weighted by Gasteiger charge is -2.71.